The van der Waals surface area contributed by atoms with E-state index >= 15 is 0 Å². The number of aryl methyl sites for hydroxylation is 4. The number of carbonyl (C=O) groups excluding carboxylic acids is 1. The van der Waals surface area contributed by atoms with E-state index in [4.69, 9.17) is 0 Å². The highest BCUT2D eigenvalue weighted by molar-refractivity contribution is 7.18. The number of nitrogens with zero attached hydrogens (tertiary/aromatic N) is 1. The molecule has 0 unspecified atom stereocenters. The van der Waals surface area contributed by atoms with Gasteiger partial charge in [-0.3, -0.25) is 9.59 Å². The Hall–Kier alpha value is -2.77. The Morgan fingerprint density at radius 1 is 1.23 bits per heavy atom. The lowest BCUT2D eigenvalue weighted by Gasteiger charge is -2.18. The van der Waals surface area contributed by atoms with Crippen LogP contribution in [0.4, 0.5) is 0 Å². The zero-order valence-corrected chi connectivity index (χ0v) is 18.9. The zero-order valence-electron chi connectivity index (χ0n) is 17.2. The molecule has 31 heavy (non-hydrogen) atoms. The highest BCUT2D eigenvalue weighted by Gasteiger charge is 2.22. The van der Waals surface area contributed by atoms with E-state index in [0.29, 0.717) is 12.2 Å². The van der Waals surface area contributed by atoms with Crippen LogP contribution in [0.3, 0.4) is 0 Å². The van der Waals surface area contributed by atoms with Crippen molar-refractivity contribution in [3.63, 3.8) is 0 Å². The van der Waals surface area contributed by atoms with Crippen LogP contribution in [0.1, 0.15) is 51.2 Å². The molecule has 7 heteroatoms. The SMILES string of the molecule is Cc1ccc([C@H](NC(=O)CCc2nc3sc4c(c3c(=O)[nH]2)CCC4)c2cccs2)cc1. The van der Waals surface area contributed by atoms with Gasteiger partial charge in [0, 0.05) is 22.6 Å². The molecular formula is C24H23N3O2S2. The monoisotopic (exact) mass is 449 g/mol. The van der Waals surface area contributed by atoms with Gasteiger partial charge in [0.25, 0.3) is 5.56 Å². The minimum atomic E-state index is -0.178. The summed E-state index contributed by atoms with van der Waals surface area (Å²) < 4.78 is 0. The smallest absolute Gasteiger partial charge is 0.259 e. The Morgan fingerprint density at radius 3 is 2.84 bits per heavy atom. The molecule has 4 aromatic rings. The number of aromatic amines is 1. The van der Waals surface area contributed by atoms with Crippen molar-refractivity contribution in [1.29, 1.82) is 0 Å². The molecular weight excluding hydrogens is 426 g/mol. The lowest BCUT2D eigenvalue weighted by molar-refractivity contribution is -0.121. The Morgan fingerprint density at radius 2 is 2.06 bits per heavy atom. The number of amides is 1. The molecule has 1 atom stereocenters. The van der Waals surface area contributed by atoms with E-state index in [1.807, 2.05) is 17.5 Å². The van der Waals surface area contributed by atoms with Crippen molar-refractivity contribution in [3.8, 4) is 0 Å². The van der Waals surface area contributed by atoms with E-state index in [2.05, 4.69) is 46.5 Å². The van der Waals surface area contributed by atoms with Crippen LogP contribution in [0.2, 0.25) is 0 Å². The largest absolute Gasteiger partial charge is 0.344 e. The van der Waals surface area contributed by atoms with E-state index in [-0.39, 0.29) is 23.9 Å². The molecule has 0 aliphatic heterocycles. The van der Waals surface area contributed by atoms with Crippen LogP contribution < -0.4 is 10.9 Å². The molecule has 1 aromatic carbocycles. The maximum Gasteiger partial charge on any atom is 0.259 e. The van der Waals surface area contributed by atoms with Gasteiger partial charge in [0.15, 0.2) is 0 Å². The van der Waals surface area contributed by atoms with Gasteiger partial charge in [-0.2, -0.15) is 0 Å². The maximum absolute atomic E-state index is 12.8. The zero-order chi connectivity index (χ0) is 21.4. The summed E-state index contributed by atoms with van der Waals surface area (Å²) in [5.74, 6) is 0.519. The Kier molecular flexibility index (Phi) is 5.46. The van der Waals surface area contributed by atoms with Crippen LogP contribution in [0.25, 0.3) is 10.2 Å². The fourth-order valence-electron chi connectivity index (χ4n) is 4.16. The topological polar surface area (TPSA) is 74.8 Å². The molecule has 1 aliphatic rings. The van der Waals surface area contributed by atoms with Crippen molar-refractivity contribution in [2.24, 2.45) is 0 Å². The minimum absolute atomic E-state index is 0.0598. The minimum Gasteiger partial charge on any atom is -0.344 e. The van der Waals surface area contributed by atoms with Crippen LogP contribution in [0.15, 0.2) is 46.6 Å². The molecule has 158 valence electrons. The van der Waals surface area contributed by atoms with E-state index in [9.17, 15) is 9.59 Å². The quantitative estimate of drug-likeness (QED) is 0.449. The number of hydrogen-bond acceptors (Lipinski definition) is 5. The predicted molar refractivity (Wildman–Crippen MR) is 126 cm³/mol. The van der Waals surface area contributed by atoms with Gasteiger partial charge in [-0.05, 0) is 48.8 Å². The highest BCUT2D eigenvalue weighted by Crippen LogP contribution is 2.34. The van der Waals surface area contributed by atoms with E-state index in [1.54, 1.807) is 22.7 Å². The highest BCUT2D eigenvalue weighted by atomic mass is 32.1. The first-order chi connectivity index (χ1) is 15.1. The average Bonchev–Trinajstić information content (AvgIpc) is 3.48. The number of aromatic nitrogens is 2. The molecule has 0 bridgehead atoms. The molecule has 3 aromatic heterocycles. The van der Waals surface area contributed by atoms with Crippen LogP contribution in [-0.4, -0.2) is 15.9 Å². The molecule has 5 rings (SSSR count). The number of thiophene rings is 2. The average molecular weight is 450 g/mol. The first-order valence-corrected chi connectivity index (χ1v) is 12.2. The molecule has 0 radical (unpaired) electrons. The van der Waals surface area contributed by atoms with Crippen LogP contribution in [0, 0.1) is 6.92 Å². The standard InChI is InChI=1S/C24H23N3O2S2/c1-14-7-9-15(10-8-14)22(18-6-3-13-30-18)27-20(28)12-11-19-25-23(29)21-16-4-2-5-17(16)31-24(21)26-19/h3,6-10,13,22H,2,4-5,11-12H2,1H3,(H,27,28)(H,25,26,29)/t22-/m0/s1. The molecule has 1 amide bonds. The van der Waals surface area contributed by atoms with E-state index in [1.165, 1.54) is 16.0 Å². The first-order valence-electron chi connectivity index (χ1n) is 10.5. The lowest BCUT2D eigenvalue weighted by Crippen LogP contribution is -2.29. The van der Waals surface area contributed by atoms with Crippen LogP contribution >= 0.6 is 22.7 Å². The number of rotatable bonds is 6. The molecule has 0 saturated heterocycles. The fourth-order valence-corrected chi connectivity index (χ4v) is 6.25. The number of H-pyrrole nitrogens is 1. The van der Waals surface area contributed by atoms with Gasteiger partial charge >= 0.3 is 0 Å². The van der Waals surface area contributed by atoms with Gasteiger partial charge in [-0.15, -0.1) is 22.7 Å². The second-order valence-corrected chi connectivity index (χ2v) is 10.0. The Labute approximate surface area is 188 Å². The molecule has 1 aliphatic carbocycles. The summed E-state index contributed by atoms with van der Waals surface area (Å²) in [7, 11) is 0. The van der Waals surface area contributed by atoms with Crippen molar-refractivity contribution in [2.45, 2.75) is 45.1 Å². The molecule has 0 saturated carbocycles. The Balaban J connectivity index is 1.31. The van der Waals surface area contributed by atoms with Gasteiger partial charge in [0.1, 0.15) is 10.7 Å². The lowest BCUT2D eigenvalue weighted by atomic mass is 10.0. The third-order valence-electron chi connectivity index (χ3n) is 5.76. The predicted octanol–water partition coefficient (Wildman–Crippen LogP) is 4.68. The number of benzene rings is 1. The van der Waals surface area contributed by atoms with Crippen molar-refractivity contribution in [1.82, 2.24) is 15.3 Å². The van der Waals surface area contributed by atoms with Crippen molar-refractivity contribution in [3.05, 3.63) is 84.4 Å². The summed E-state index contributed by atoms with van der Waals surface area (Å²) in [5, 5.41) is 5.93. The van der Waals surface area contributed by atoms with Crippen molar-refractivity contribution >= 4 is 38.8 Å². The summed E-state index contributed by atoms with van der Waals surface area (Å²) in [6.07, 6.45) is 3.80. The van der Waals surface area contributed by atoms with Gasteiger partial charge in [0.2, 0.25) is 5.91 Å². The second kappa shape index (κ2) is 8.40. The summed E-state index contributed by atoms with van der Waals surface area (Å²) in [6, 6.07) is 12.1. The van der Waals surface area contributed by atoms with Gasteiger partial charge < -0.3 is 10.3 Å². The van der Waals surface area contributed by atoms with Crippen molar-refractivity contribution < 1.29 is 4.79 Å². The third kappa shape index (κ3) is 4.07. The van der Waals surface area contributed by atoms with Crippen LogP contribution in [0.5, 0.6) is 0 Å². The van der Waals surface area contributed by atoms with Crippen LogP contribution in [-0.2, 0) is 24.1 Å². The maximum atomic E-state index is 12.8. The second-order valence-electron chi connectivity index (χ2n) is 7.98. The number of carbonyl (C=O) groups is 1. The van der Waals surface area contributed by atoms with Crippen molar-refractivity contribution in [2.75, 3.05) is 0 Å². The molecule has 5 nitrogen and oxygen atoms in total. The number of nitrogens with one attached hydrogen (secondary N) is 2. The van der Waals surface area contributed by atoms with E-state index in [0.717, 1.165) is 39.9 Å². The first kappa shape index (κ1) is 20.2. The normalized spacial score (nSPS) is 14.0. The van der Waals surface area contributed by atoms with Gasteiger partial charge in [-0.25, -0.2) is 4.98 Å². The van der Waals surface area contributed by atoms with Gasteiger partial charge in [0.05, 0.1) is 11.4 Å². The molecule has 0 fully saturated rings. The summed E-state index contributed by atoms with van der Waals surface area (Å²) in [4.78, 5) is 36.2. The third-order valence-corrected chi connectivity index (χ3v) is 7.88. The summed E-state index contributed by atoms with van der Waals surface area (Å²) >= 11 is 3.25. The molecule has 0 spiro atoms. The Bertz CT molecular complexity index is 1290. The molecule has 3 heterocycles. The van der Waals surface area contributed by atoms with E-state index < -0.39 is 0 Å². The summed E-state index contributed by atoms with van der Waals surface area (Å²) in [5.41, 5.74) is 3.35. The number of fused-ring (bicyclic) bond motifs is 3. The fraction of sp³-hybridized carbons (Fsp3) is 0.292. The van der Waals surface area contributed by atoms with Gasteiger partial charge in [-0.1, -0.05) is 35.9 Å². The molecule has 2 N–H and O–H groups in total. The number of hydrogen-bond donors (Lipinski definition) is 2. The summed E-state index contributed by atoms with van der Waals surface area (Å²) in [6.45, 7) is 2.05.